The molecule has 3 N–H and O–H groups in total. The van der Waals surface area contributed by atoms with Gasteiger partial charge in [0.05, 0.1) is 37.8 Å². The van der Waals surface area contributed by atoms with Gasteiger partial charge in [0.15, 0.2) is 11.5 Å². The summed E-state index contributed by atoms with van der Waals surface area (Å²) < 4.78 is 57.1. The van der Waals surface area contributed by atoms with Gasteiger partial charge < -0.3 is 30.2 Å². The minimum Gasteiger partial charge on any atom is -0.496 e. The zero-order chi connectivity index (χ0) is 36.4. The monoisotopic (exact) mass is 727 g/mol. The summed E-state index contributed by atoms with van der Waals surface area (Å²) in [7, 11) is 4.37. The molecule has 3 amide bonds. The Hall–Kier alpha value is -5.14. The van der Waals surface area contributed by atoms with E-state index < -0.39 is 40.4 Å². The first-order valence-electron chi connectivity index (χ1n) is 15.0. The smallest absolute Gasteiger partial charge is 0.418 e. The molecule has 1 atom stereocenters. The lowest BCUT2D eigenvalue weighted by atomic mass is 10.1. The van der Waals surface area contributed by atoms with Crippen molar-refractivity contribution in [1.29, 1.82) is 0 Å². The van der Waals surface area contributed by atoms with Crippen LogP contribution in [0.1, 0.15) is 34.8 Å². The summed E-state index contributed by atoms with van der Waals surface area (Å²) in [5.74, 6) is -0.771. The highest BCUT2D eigenvalue weighted by molar-refractivity contribution is 8.00. The summed E-state index contributed by atoms with van der Waals surface area (Å²) in [5.41, 5.74) is -0.553. The number of benzene rings is 4. The number of alkyl halides is 3. The van der Waals surface area contributed by atoms with Crippen LogP contribution in [0.15, 0.2) is 95.5 Å². The largest absolute Gasteiger partial charge is 0.496 e. The van der Waals surface area contributed by atoms with E-state index in [0.717, 1.165) is 23.9 Å². The van der Waals surface area contributed by atoms with E-state index >= 15 is 0 Å². The Kier molecular flexibility index (Phi) is 12.8. The zero-order valence-corrected chi connectivity index (χ0v) is 28.9. The Bertz CT molecular complexity index is 1890. The van der Waals surface area contributed by atoms with Crippen molar-refractivity contribution in [3.05, 3.63) is 112 Å². The quantitative estimate of drug-likeness (QED) is 0.0938. The minimum atomic E-state index is -4.73. The molecular weight excluding hydrogens is 695 g/mol. The van der Waals surface area contributed by atoms with Gasteiger partial charge in [-0.1, -0.05) is 42.8 Å². The molecule has 0 heterocycles. The van der Waals surface area contributed by atoms with Gasteiger partial charge in [-0.15, -0.1) is 11.8 Å². The minimum absolute atomic E-state index is 0.115. The predicted molar refractivity (Wildman–Crippen MR) is 188 cm³/mol. The number of methoxy groups -OCH3 is 3. The molecule has 0 radical (unpaired) electrons. The maximum Gasteiger partial charge on any atom is 0.418 e. The highest BCUT2D eigenvalue weighted by atomic mass is 35.5. The lowest BCUT2D eigenvalue weighted by Crippen LogP contribution is -2.30. The summed E-state index contributed by atoms with van der Waals surface area (Å²) in [6.07, 6.45) is -3.01. The number of rotatable bonds is 13. The van der Waals surface area contributed by atoms with Crippen LogP contribution in [-0.4, -0.2) is 44.3 Å². The number of halogens is 4. The topological polar surface area (TPSA) is 115 Å². The van der Waals surface area contributed by atoms with Gasteiger partial charge in [-0.2, -0.15) is 13.2 Å². The van der Waals surface area contributed by atoms with Gasteiger partial charge in [0.2, 0.25) is 5.91 Å². The van der Waals surface area contributed by atoms with E-state index in [2.05, 4.69) is 16.0 Å². The molecular formula is C36H33ClF3N3O6S. The average Bonchev–Trinajstić information content (AvgIpc) is 3.10. The summed E-state index contributed by atoms with van der Waals surface area (Å²) in [5, 5.41) is 6.91. The second-order valence-corrected chi connectivity index (χ2v) is 12.2. The van der Waals surface area contributed by atoms with Crippen molar-refractivity contribution in [1.82, 2.24) is 5.32 Å². The molecule has 0 spiro atoms. The molecule has 262 valence electrons. The Balaban J connectivity index is 1.59. The second-order valence-electron chi connectivity index (χ2n) is 10.5. The number of nitrogens with one attached hydrogen (secondary N) is 3. The van der Waals surface area contributed by atoms with E-state index in [1.54, 1.807) is 73.7 Å². The molecule has 0 aliphatic heterocycles. The highest BCUT2D eigenvalue weighted by Crippen LogP contribution is 2.38. The number of thioether (sulfide) groups is 1. The third-order valence-corrected chi connectivity index (χ3v) is 8.74. The van der Waals surface area contributed by atoms with E-state index in [9.17, 15) is 27.6 Å². The van der Waals surface area contributed by atoms with Crippen LogP contribution < -0.4 is 30.2 Å². The normalized spacial score (nSPS) is 12.0. The van der Waals surface area contributed by atoms with Crippen molar-refractivity contribution in [3.8, 4) is 17.2 Å². The lowest BCUT2D eigenvalue weighted by Gasteiger charge is -2.18. The fourth-order valence-corrected chi connectivity index (χ4v) is 5.85. The molecule has 0 bridgehead atoms. The molecule has 0 aliphatic carbocycles. The van der Waals surface area contributed by atoms with Crippen LogP contribution in [0.5, 0.6) is 17.2 Å². The van der Waals surface area contributed by atoms with Crippen molar-refractivity contribution in [2.45, 2.75) is 29.7 Å². The van der Waals surface area contributed by atoms with Crippen molar-refractivity contribution in [2.75, 3.05) is 32.0 Å². The van der Waals surface area contributed by atoms with Gasteiger partial charge >= 0.3 is 6.18 Å². The fourth-order valence-electron chi connectivity index (χ4n) is 4.67. The molecule has 0 aliphatic rings. The molecule has 4 aromatic rings. The van der Waals surface area contributed by atoms with Crippen LogP contribution in [0.4, 0.5) is 24.5 Å². The number of carbonyl (C=O) groups excluding carboxylic acids is 3. The molecule has 50 heavy (non-hydrogen) atoms. The number of hydrogen-bond acceptors (Lipinski definition) is 7. The van der Waals surface area contributed by atoms with Crippen molar-refractivity contribution < 1.29 is 41.8 Å². The third kappa shape index (κ3) is 9.73. The molecule has 0 fully saturated rings. The van der Waals surface area contributed by atoms with Crippen LogP contribution in [-0.2, 0) is 15.8 Å². The summed E-state index contributed by atoms with van der Waals surface area (Å²) in [4.78, 5) is 40.6. The molecule has 0 saturated heterocycles. The average molecular weight is 728 g/mol. The fraction of sp³-hybridized carbons (Fsp3) is 0.194. The zero-order valence-electron chi connectivity index (χ0n) is 27.3. The van der Waals surface area contributed by atoms with Crippen LogP contribution in [0.3, 0.4) is 0 Å². The Labute approximate surface area is 296 Å². The van der Waals surface area contributed by atoms with E-state index in [-0.39, 0.29) is 17.1 Å². The van der Waals surface area contributed by atoms with E-state index in [1.165, 1.54) is 33.5 Å². The van der Waals surface area contributed by atoms with Gasteiger partial charge in [0.1, 0.15) is 11.4 Å². The van der Waals surface area contributed by atoms with Gasteiger partial charge in [0, 0.05) is 32.8 Å². The maximum atomic E-state index is 13.7. The lowest BCUT2D eigenvalue weighted by molar-refractivity contribution is -0.137. The van der Waals surface area contributed by atoms with Crippen LogP contribution >= 0.6 is 23.4 Å². The molecule has 4 rings (SSSR count). The van der Waals surface area contributed by atoms with Gasteiger partial charge in [-0.3, -0.25) is 14.4 Å². The highest BCUT2D eigenvalue weighted by Gasteiger charge is 2.35. The number of hydrogen-bond donors (Lipinski definition) is 3. The van der Waals surface area contributed by atoms with Gasteiger partial charge in [0.25, 0.3) is 11.8 Å². The Morgan fingerprint density at radius 1 is 0.840 bits per heavy atom. The van der Waals surface area contributed by atoms with Gasteiger partial charge in [-0.25, -0.2) is 0 Å². The number of ether oxygens (including phenoxy) is 3. The first-order chi connectivity index (χ1) is 23.9. The number of carbonyl (C=O) groups is 3. The van der Waals surface area contributed by atoms with E-state index in [0.29, 0.717) is 39.0 Å². The first kappa shape index (κ1) is 37.7. The SMILES string of the molecule is CCC(Sc1cccc(NC(=O)/C(=C\c2cc(OC)c(OC)cc2OC)NC(=O)c2ccccc2)c1)C(=O)Nc1ccc(Cl)cc1C(F)(F)F. The Morgan fingerprint density at radius 3 is 2.16 bits per heavy atom. The molecule has 1 unspecified atom stereocenters. The second kappa shape index (κ2) is 17.0. The number of anilines is 2. The summed E-state index contributed by atoms with van der Waals surface area (Å²) >= 11 is 6.88. The predicted octanol–water partition coefficient (Wildman–Crippen LogP) is 8.30. The van der Waals surface area contributed by atoms with Crippen LogP contribution in [0, 0.1) is 0 Å². The van der Waals surface area contributed by atoms with Crippen LogP contribution in [0.2, 0.25) is 5.02 Å². The van der Waals surface area contributed by atoms with E-state index in [1.807, 2.05) is 0 Å². The molecule has 4 aromatic carbocycles. The van der Waals surface area contributed by atoms with Crippen molar-refractivity contribution in [3.63, 3.8) is 0 Å². The molecule has 9 nitrogen and oxygen atoms in total. The first-order valence-corrected chi connectivity index (χ1v) is 16.3. The van der Waals surface area contributed by atoms with Crippen LogP contribution in [0.25, 0.3) is 6.08 Å². The summed E-state index contributed by atoms with van der Waals surface area (Å²) in [6.45, 7) is 1.73. The van der Waals surface area contributed by atoms with Crippen molar-refractivity contribution in [2.24, 2.45) is 0 Å². The molecule has 14 heteroatoms. The standard InChI is InChI=1S/C36H33ClF3N3O6S/c1-5-32(35(46)42-27-15-14-23(37)18-26(27)36(38,39)40)50-25-13-9-12-24(19-25)41-34(45)28(43-33(44)21-10-7-6-8-11-21)16-22-17-30(48-3)31(49-4)20-29(22)47-2/h6-20,32H,5H2,1-4H3,(H,41,45)(H,42,46)(H,43,44)/b28-16+. The van der Waals surface area contributed by atoms with E-state index in [4.69, 9.17) is 25.8 Å². The van der Waals surface area contributed by atoms with Crippen molar-refractivity contribution >= 4 is 58.5 Å². The Morgan fingerprint density at radius 2 is 1.52 bits per heavy atom. The van der Waals surface area contributed by atoms with Gasteiger partial charge in [-0.05, 0) is 67.1 Å². The summed E-state index contributed by atoms with van der Waals surface area (Å²) in [6, 6.07) is 21.2. The molecule has 0 saturated carbocycles. The maximum absolute atomic E-state index is 13.7. The molecule has 0 aromatic heterocycles. The third-order valence-electron chi connectivity index (χ3n) is 7.14. The number of amides is 3.